The molecule has 0 saturated carbocycles. The van der Waals surface area contributed by atoms with Gasteiger partial charge in [-0.05, 0) is 18.2 Å². The molecule has 0 aromatic heterocycles. The maximum Gasteiger partial charge on any atom is 0.271 e. The zero-order valence-corrected chi connectivity index (χ0v) is 10.4. The second-order valence-corrected chi connectivity index (χ2v) is 3.88. The Bertz CT molecular complexity index is 806. The normalized spacial score (nSPS) is 9.48. The zero-order valence-electron chi connectivity index (χ0n) is 10.4. The summed E-state index contributed by atoms with van der Waals surface area (Å²) in [4.78, 5) is 10.0. The molecule has 0 saturated heterocycles. The number of nitro groups is 1. The van der Waals surface area contributed by atoms with E-state index in [0.717, 1.165) is 18.2 Å². The van der Waals surface area contributed by atoms with Crippen molar-refractivity contribution in [2.45, 2.75) is 0 Å². The number of nitrogens with zero attached hydrogens (tertiary/aromatic N) is 3. The van der Waals surface area contributed by atoms with Crippen molar-refractivity contribution in [1.82, 2.24) is 0 Å². The molecule has 102 valence electrons. The fourth-order valence-electron chi connectivity index (χ4n) is 1.62. The molecule has 0 N–H and O–H groups in total. The Morgan fingerprint density at radius 2 is 1.90 bits per heavy atom. The van der Waals surface area contributed by atoms with Gasteiger partial charge in [0, 0.05) is 12.1 Å². The van der Waals surface area contributed by atoms with Crippen molar-refractivity contribution >= 4 is 5.69 Å². The second-order valence-electron chi connectivity index (χ2n) is 3.88. The fourth-order valence-corrected chi connectivity index (χ4v) is 1.62. The van der Waals surface area contributed by atoms with Gasteiger partial charge in [0.25, 0.3) is 5.69 Å². The molecular weight excluding hydrogens is 277 g/mol. The SMILES string of the molecule is N#Cc1cc([N+](=O)[O-])ccc1Oc1cccc(F)c1C#N. The van der Waals surface area contributed by atoms with E-state index in [9.17, 15) is 14.5 Å². The Morgan fingerprint density at radius 1 is 1.14 bits per heavy atom. The molecular formula is C14H6FN3O3. The van der Waals surface area contributed by atoms with Gasteiger partial charge in [0.1, 0.15) is 40.6 Å². The van der Waals surface area contributed by atoms with E-state index in [4.69, 9.17) is 15.3 Å². The van der Waals surface area contributed by atoms with Gasteiger partial charge in [0.2, 0.25) is 0 Å². The number of nitro benzene ring substituents is 1. The highest BCUT2D eigenvalue weighted by Crippen LogP contribution is 2.30. The maximum absolute atomic E-state index is 13.4. The van der Waals surface area contributed by atoms with E-state index in [2.05, 4.69) is 0 Å². The van der Waals surface area contributed by atoms with E-state index in [-0.39, 0.29) is 28.3 Å². The number of ether oxygens (including phenoxy) is 1. The van der Waals surface area contributed by atoms with Gasteiger partial charge in [-0.3, -0.25) is 10.1 Å². The van der Waals surface area contributed by atoms with Gasteiger partial charge in [-0.1, -0.05) is 6.07 Å². The van der Waals surface area contributed by atoms with Crippen molar-refractivity contribution in [3.8, 4) is 23.6 Å². The summed E-state index contributed by atoms with van der Waals surface area (Å²) in [7, 11) is 0. The van der Waals surface area contributed by atoms with Crippen molar-refractivity contribution in [3.05, 3.63) is 63.5 Å². The largest absolute Gasteiger partial charge is 0.454 e. The van der Waals surface area contributed by atoms with Crippen LogP contribution in [0.15, 0.2) is 36.4 Å². The van der Waals surface area contributed by atoms with Gasteiger partial charge in [-0.2, -0.15) is 10.5 Å². The van der Waals surface area contributed by atoms with Crippen LogP contribution in [0.1, 0.15) is 11.1 Å². The van der Waals surface area contributed by atoms with Crippen LogP contribution in [-0.4, -0.2) is 4.92 Å². The molecule has 0 amide bonds. The first kappa shape index (κ1) is 14.0. The quantitative estimate of drug-likeness (QED) is 0.635. The molecule has 6 nitrogen and oxygen atoms in total. The minimum absolute atomic E-state index is 0.00481. The lowest BCUT2D eigenvalue weighted by Crippen LogP contribution is -1.95. The van der Waals surface area contributed by atoms with Crippen molar-refractivity contribution in [2.24, 2.45) is 0 Å². The summed E-state index contributed by atoms with van der Waals surface area (Å²) in [5, 5.41) is 28.5. The monoisotopic (exact) mass is 283 g/mol. The summed E-state index contributed by atoms with van der Waals surface area (Å²) in [5.74, 6) is -0.816. The van der Waals surface area contributed by atoms with Gasteiger partial charge in [0.05, 0.1) is 4.92 Å². The minimum atomic E-state index is -0.754. The standard InChI is InChI=1S/C14H6FN3O3/c15-12-2-1-3-14(11(12)8-17)21-13-5-4-10(18(19)20)6-9(13)7-16/h1-6H. The predicted octanol–water partition coefficient (Wildman–Crippen LogP) is 3.27. The Labute approximate surface area is 118 Å². The lowest BCUT2D eigenvalue weighted by Gasteiger charge is -2.08. The van der Waals surface area contributed by atoms with E-state index in [1.807, 2.05) is 0 Å². The van der Waals surface area contributed by atoms with E-state index in [1.54, 1.807) is 12.1 Å². The van der Waals surface area contributed by atoms with Gasteiger partial charge >= 0.3 is 0 Å². The molecule has 2 rings (SSSR count). The van der Waals surface area contributed by atoms with Gasteiger partial charge in [-0.15, -0.1) is 0 Å². The highest BCUT2D eigenvalue weighted by molar-refractivity contribution is 5.53. The maximum atomic E-state index is 13.4. The summed E-state index contributed by atoms with van der Waals surface area (Å²) < 4.78 is 18.8. The second kappa shape index (κ2) is 5.68. The topological polar surface area (TPSA) is 99.9 Å². The van der Waals surface area contributed by atoms with Crippen LogP contribution >= 0.6 is 0 Å². The Morgan fingerprint density at radius 3 is 2.52 bits per heavy atom. The molecule has 0 radical (unpaired) electrons. The number of nitriles is 2. The molecule has 0 aliphatic heterocycles. The number of benzene rings is 2. The lowest BCUT2D eigenvalue weighted by molar-refractivity contribution is -0.384. The van der Waals surface area contributed by atoms with E-state index in [1.165, 1.54) is 18.2 Å². The zero-order chi connectivity index (χ0) is 15.4. The first-order chi connectivity index (χ1) is 10.1. The van der Waals surface area contributed by atoms with Crippen LogP contribution < -0.4 is 4.74 Å². The van der Waals surface area contributed by atoms with E-state index < -0.39 is 10.7 Å². The smallest absolute Gasteiger partial charge is 0.271 e. The molecule has 21 heavy (non-hydrogen) atoms. The molecule has 7 heteroatoms. The lowest BCUT2D eigenvalue weighted by atomic mass is 10.1. The van der Waals surface area contributed by atoms with Crippen LogP contribution in [0.4, 0.5) is 10.1 Å². The third-order valence-corrected chi connectivity index (χ3v) is 2.60. The third-order valence-electron chi connectivity index (χ3n) is 2.60. The van der Waals surface area contributed by atoms with Crippen molar-refractivity contribution in [2.75, 3.05) is 0 Å². The summed E-state index contributed by atoms with van der Waals surface area (Å²) in [6, 6.07) is 10.7. The van der Waals surface area contributed by atoms with Crippen molar-refractivity contribution in [3.63, 3.8) is 0 Å². The minimum Gasteiger partial charge on any atom is -0.454 e. The van der Waals surface area contributed by atoms with Crippen molar-refractivity contribution < 1.29 is 14.1 Å². The van der Waals surface area contributed by atoms with Crippen molar-refractivity contribution in [1.29, 1.82) is 10.5 Å². The van der Waals surface area contributed by atoms with Crippen LogP contribution in [0.25, 0.3) is 0 Å². The van der Waals surface area contributed by atoms with Crippen LogP contribution in [0, 0.1) is 38.6 Å². The van der Waals surface area contributed by atoms with E-state index in [0.29, 0.717) is 0 Å². The predicted molar refractivity (Wildman–Crippen MR) is 69.0 cm³/mol. The third kappa shape index (κ3) is 2.77. The van der Waals surface area contributed by atoms with Gasteiger partial charge in [0.15, 0.2) is 0 Å². The number of hydrogen-bond acceptors (Lipinski definition) is 5. The molecule has 0 fully saturated rings. The van der Waals surface area contributed by atoms with Crippen LogP contribution in [0.3, 0.4) is 0 Å². The number of halogens is 1. The molecule has 0 atom stereocenters. The Hall–Kier alpha value is -3.45. The fraction of sp³-hybridized carbons (Fsp3) is 0. The molecule has 0 heterocycles. The van der Waals surface area contributed by atoms with Crippen LogP contribution in [0.5, 0.6) is 11.5 Å². The highest BCUT2D eigenvalue weighted by Gasteiger charge is 2.15. The number of hydrogen-bond donors (Lipinski definition) is 0. The summed E-state index contributed by atoms with van der Waals surface area (Å²) in [6.07, 6.45) is 0. The first-order valence-corrected chi connectivity index (χ1v) is 5.62. The number of rotatable bonds is 3. The van der Waals surface area contributed by atoms with Gasteiger partial charge in [-0.25, -0.2) is 4.39 Å². The average molecular weight is 283 g/mol. The molecule has 0 spiro atoms. The highest BCUT2D eigenvalue weighted by atomic mass is 19.1. The molecule has 0 unspecified atom stereocenters. The molecule has 2 aromatic rings. The van der Waals surface area contributed by atoms with Crippen LogP contribution in [-0.2, 0) is 0 Å². The molecule has 0 bridgehead atoms. The summed E-state index contributed by atoms with van der Waals surface area (Å²) in [5.41, 5.74) is -0.657. The van der Waals surface area contributed by atoms with Gasteiger partial charge < -0.3 is 4.74 Å². The molecule has 2 aromatic carbocycles. The number of non-ortho nitro benzene ring substituents is 1. The first-order valence-electron chi connectivity index (χ1n) is 5.62. The average Bonchev–Trinajstić information content (AvgIpc) is 2.47. The molecule has 0 aliphatic carbocycles. The summed E-state index contributed by atoms with van der Waals surface area (Å²) >= 11 is 0. The molecule has 0 aliphatic rings. The van der Waals surface area contributed by atoms with E-state index >= 15 is 0 Å². The summed E-state index contributed by atoms with van der Waals surface area (Å²) in [6.45, 7) is 0. The Balaban J connectivity index is 2.46. The Kier molecular flexibility index (Phi) is 3.78. The van der Waals surface area contributed by atoms with Crippen LogP contribution in [0.2, 0.25) is 0 Å².